The van der Waals surface area contributed by atoms with Gasteiger partial charge in [-0.3, -0.25) is 4.79 Å². The zero-order valence-corrected chi connectivity index (χ0v) is 13.0. The largest absolute Gasteiger partial charge is 0.480 e. The van der Waals surface area contributed by atoms with Crippen molar-refractivity contribution in [3.8, 4) is 0 Å². The van der Waals surface area contributed by atoms with Crippen LogP contribution in [-0.2, 0) is 9.59 Å². The predicted molar refractivity (Wildman–Crippen MR) is 82.5 cm³/mol. The van der Waals surface area contributed by atoms with Crippen LogP contribution in [-0.4, -0.2) is 34.0 Å². The van der Waals surface area contributed by atoms with Crippen LogP contribution in [0.2, 0.25) is 10.0 Å². The number of hydrogen-bond donors (Lipinski definition) is 1. The highest BCUT2D eigenvalue weighted by Gasteiger charge is 2.45. The highest BCUT2D eigenvalue weighted by Crippen LogP contribution is 2.29. The van der Waals surface area contributed by atoms with Crippen LogP contribution in [0.1, 0.15) is 25.3 Å². The molecule has 112 valence electrons. The summed E-state index contributed by atoms with van der Waals surface area (Å²) in [7, 11) is 0. The number of hydrogen-bond acceptors (Lipinski definition) is 2. The summed E-state index contributed by atoms with van der Waals surface area (Å²) in [5.41, 5.74) is -0.440. The van der Waals surface area contributed by atoms with E-state index < -0.39 is 11.5 Å². The van der Waals surface area contributed by atoms with Crippen molar-refractivity contribution in [3.05, 3.63) is 39.9 Å². The number of carbonyl (C=O) groups is 2. The van der Waals surface area contributed by atoms with Gasteiger partial charge in [0.1, 0.15) is 5.54 Å². The molecule has 1 unspecified atom stereocenters. The van der Waals surface area contributed by atoms with Gasteiger partial charge in [0, 0.05) is 22.7 Å². The predicted octanol–water partition coefficient (Wildman–Crippen LogP) is 3.47. The molecule has 1 aromatic rings. The molecular weight excluding hydrogens is 313 g/mol. The van der Waals surface area contributed by atoms with Gasteiger partial charge < -0.3 is 10.0 Å². The molecule has 1 aromatic carbocycles. The fraction of sp³-hybridized carbons (Fsp3) is 0.333. The Morgan fingerprint density at radius 1 is 1.29 bits per heavy atom. The van der Waals surface area contributed by atoms with Gasteiger partial charge in [0.2, 0.25) is 5.91 Å². The van der Waals surface area contributed by atoms with Crippen molar-refractivity contribution in [1.29, 1.82) is 0 Å². The van der Waals surface area contributed by atoms with Crippen LogP contribution in [0.25, 0.3) is 6.08 Å². The first kappa shape index (κ1) is 15.9. The number of amides is 1. The lowest BCUT2D eigenvalue weighted by atomic mass is 9.99. The Labute approximate surface area is 133 Å². The third kappa shape index (κ3) is 3.39. The Kier molecular flexibility index (Phi) is 4.59. The molecule has 0 aromatic heterocycles. The molecule has 0 aliphatic carbocycles. The molecule has 1 fully saturated rings. The molecule has 0 bridgehead atoms. The Balaban J connectivity index is 2.17. The third-order valence-corrected chi connectivity index (χ3v) is 4.11. The van der Waals surface area contributed by atoms with Gasteiger partial charge in [-0.2, -0.15) is 0 Å². The van der Waals surface area contributed by atoms with Crippen molar-refractivity contribution in [2.45, 2.75) is 25.3 Å². The van der Waals surface area contributed by atoms with E-state index >= 15 is 0 Å². The van der Waals surface area contributed by atoms with Crippen molar-refractivity contribution >= 4 is 41.2 Å². The number of halogens is 2. The molecular formula is C15H15Cl2NO3. The van der Waals surface area contributed by atoms with Gasteiger partial charge in [-0.1, -0.05) is 23.2 Å². The van der Waals surface area contributed by atoms with Crippen LogP contribution in [0.15, 0.2) is 24.3 Å². The number of likely N-dealkylation sites (tertiary alicyclic amines) is 1. The van der Waals surface area contributed by atoms with Crippen molar-refractivity contribution in [1.82, 2.24) is 4.90 Å². The SMILES string of the molecule is CC1(C(=O)O)CCCN1C(=O)C=Cc1cc(Cl)cc(Cl)c1. The normalized spacial score (nSPS) is 22.0. The van der Waals surface area contributed by atoms with Gasteiger partial charge >= 0.3 is 5.97 Å². The van der Waals surface area contributed by atoms with E-state index in [-0.39, 0.29) is 5.91 Å². The van der Waals surface area contributed by atoms with Gasteiger partial charge in [0.15, 0.2) is 0 Å². The fourth-order valence-corrected chi connectivity index (χ4v) is 3.01. The molecule has 0 saturated carbocycles. The molecule has 21 heavy (non-hydrogen) atoms. The molecule has 0 radical (unpaired) electrons. The van der Waals surface area contributed by atoms with E-state index in [1.165, 1.54) is 11.0 Å². The second-order valence-corrected chi connectivity index (χ2v) is 6.08. The van der Waals surface area contributed by atoms with E-state index in [2.05, 4.69) is 0 Å². The molecule has 1 N–H and O–H groups in total. The van der Waals surface area contributed by atoms with E-state index in [0.29, 0.717) is 35.0 Å². The average molecular weight is 328 g/mol. The van der Waals surface area contributed by atoms with Gasteiger partial charge in [0.25, 0.3) is 0 Å². The molecule has 1 amide bonds. The zero-order valence-electron chi connectivity index (χ0n) is 11.5. The fourth-order valence-electron chi connectivity index (χ4n) is 2.47. The first-order valence-corrected chi connectivity index (χ1v) is 7.28. The summed E-state index contributed by atoms with van der Waals surface area (Å²) in [6, 6.07) is 4.96. The maximum Gasteiger partial charge on any atom is 0.329 e. The summed E-state index contributed by atoms with van der Waals surface area (Å²) in [6.07, 6.45) is 4.09. The van der Waals surface area contributed by atoms with Crippen LogP contribution in [0.5, 0.6) is 0 Å². The summed E-state index contributed by atoms with van der Waals surface area (Å²) in [5.74, 6) is -1.30. The number of nitrogens with zero attached hydrogens (tertiary/aromatic N) is 1. The standard InChI is InChI=1S/C15H15Cl2NO3/c1-15(14(20)21)5-2-6-18(15)13(19)4-3-10-7-11(16)9-12(17)8-10/h3-4,7-9H,2,5-6H2,1H3,(H,20,21). The molecule has 1 heterocycles. The molecule has 1 aliphatic heterocycles. The lowest BCUT2D eigenvalue weighted by Crippen LogP contribution is -2.50. The quantitative estimate of drug-likeness (QED) is 0.865. The van der Waals surface area contributed by atoms with E-state index in [1.54, 1.807) is 31.2 Å². The molecule has 2 rings (SSSR count). The zero-order chi connectivity index (χ0) is 15.6. The molecule has 4 nitrogen and oxygen atoms in total. The van der Waals surface area contributed by atoms with Crippen LogP contribution in [0.4, 0.5) is 0 Å². The Morgan fingerprint density at radius 2 is 1.90 bits per heavy atom. The minimum absolute atomic E-state index is 0.325. The van der Waals surface area contributed by atoms with Crippen LogP contribution in [0, 0.1) is 0 Å². The summed E-state index contributed by atoms with van der Waals surface area (Å²) in [5, 5.41) is 10.3. The lowest BCUT2D eigenvalue weighted by molar-refractivity contribution is -0.153. The number of aliphatic carboxylic acids is 1. The Bertz CT molecular complexity index is 595. The van der Waals surface area contributed by atoms with Crippen molar-refractivity contribution in [2.24, 2.45) is 0 Å². The van der Waals surface area contributed by atoms with E-state index in [9.17, 15) is 14.7 Å². The molecule has 6 heteroatoms. The van der Waals surface area contributed by atoms with Gasteiger partial charge in [-0.25, -0.2) is 4.79 Å². The first-order chi connectivity index (χ1) is 9.83. The van der Waals surface area contributed by atoms with Crippen LogP contribution >= 0.6 is 23.2 Å². The maximum absolute atomic E-state index is 12.2. The maximum atomic E-state index is 12.2. The topological polar surface area (TPSA) is 57.6 Å². The van der Waals surface area contributed by atoms with Crippen LogP contribution in [0.3, 0.4) is 0 Å². The van der Waals surface area contributed by atoms with Gasteiger partial charge in [-0.05, 0) is 49.6 Å². The van der Waals surface area contributed by atoms with Crippen LogP contribution < -0.4 is 0 Å². The molecule has 1 atom stereocenters. The summed E-state index contributed by atoms with van der Waals surface area (Å²) < 4.78 is 0. The van der Waals surface area contributed by atoms with Crippen molar-refractivity contribution in [2.75, 3.05) is 6.54 Å². The lowest BCUT2D eigenvalue weighted by Gasteiger charge is -2.30. The minimum Gasteiger partial charge on any atom is -0.480 e. The van der Waals surface area contributed by atoms with E-state index in [4.69, 9.17) is 23.2 Å². The Morgan fingerprint density at radius 3 is 2.48 bits per heavy atom. The monoisotopic (exact) mass is 327 g/mol. The molecule has 1 aliphatic rings. The highest BCUT2D eigenvalue weighted by atomic mass is 35.5. The number of carbonyl (C=O) groups excluding carboxylic acids is 1. The highest BCUT2D eigenvalue weighted by molar-refractivity contribution is 6.34. The number of carboxylic acid groups (broad SMARTS) is 1. The van der Waals surface area contributed by atoms with Crippen molar-refractivity contribution in [3.63, 3.8) is 0 Å². The number of rotatable bonds is 3. The van der Waals surface area contributed by atoms with Gasteiger partial charge in [-0.15, -0.1) is 0 Å². The summed E-state index contributed by atoms with van der Waals surface area (Å²) in [4.78, 5) is 25.0. The smallest absolute Gasteiger partial charge is 0.329 e. The van der Waals surface area contributed by atoms with Gasteiger partial charge in [0.05, 0.1) is 0 Å². The summed E-state index contributed by atoms with van der Waals surface area (Å²) >= 11 is 11.8. The number of benzene rings is 1. The second kappa shape index (κ2) is 6.08. The second-order valence-electron chi connectivity index (χ2n) is 5.21. The van der Waals surface area contributed by atoms with E-state index in [1.807, 2.05) is 0 Å². The average Bonchev–Trinajstić information content (AvgIpc) is 2.78. The molecule has 1 saturated heterocycles. The minimum atomic E-state index is -1.13. The van der Waals surface area contributed by atoms with E-state index in [0.717, 1.165) is 0 Å². The molecule has 0 spiro atoms. The first-order valence-electron chi connectivity index (χ1n) is 6.52. The third-order valence-electron chi connectivity index (χ3n) is 3.67. The van der Waals surface area contributed by atoms with Crippen molar-refractivity contribution < 1.29 is 14.7 Å². The summed E-state index contributed by atoms with van der Waals surface area (Å²) in [6.45, 7) is 2.02. The Hall–Kier alpha value is -1.52. The number of carboxylic acids is 1.